The van der Waals surface area contributed by atoms with E-state index in [0.29, 0.717) is 5.65 Å². The van der Waals surface area contributed by atoms with Gasteiger partial charge in [0.15, 0.2) is 10.8 Å². The Morgan fingerprint density at radius 1 is 1.55 bits per heavy atom. The molecule has 0 aliphatic heterocycles. The van der Waals surface area contributed by atoms with E-state index in [0.717, 1.165) is 0 Å². The van der Waals surface area contributed by atoms with E-state index < -0.39 is 5.76 Å². The van der Waals surface area contributed by atoms with Gasteiger partial charge in [-0.2, -0.15) is 0 Å². The third-order valence-electron chi connectivity index (χ3n) is 1.18. The van der Waals surface area contributed by atoms with Crippen molar-refractivity contribution < 1.29 is 4.42 Å². The minimum absolute atomic E-state index is 0.133. The van der Waals surface area contributed by atoms with Crippen molar-refractivity contribution in [1.29, 1.82) is 0 Å². The predicted molar refractivity (Wildman–Crippen MR) is 37.4 cm³/mol. The Kier molecular flexibility index (Phi) is 1.19. The van der Waals surface area contributed by atoms with Crippen molar-refractivity contribution in [3.05, 3.63) is 22.0 Å². The molecule has 2 rings (SSSR count). The maximum Gasteiger partial charge on any atom is 0.418 e. The van der Waals surface area contributed by atoms with E-state index in [4.69, 9.17) is 11.6 Å². The van der Waals surface area contributed by atoms with Crippen molar-refractivity contribution in [1.82, 2.24) is 15.0 Å². The molecule has 0 aliphatic carbocycles. The summed E-state index contributed by atoms with van der Waals surface area (Å²) in [6, 6.07) is 0. The second kappa shape index (κ2) is 2.06. The van der Waals surface area contributed by atoms with E-state index >= 15 is 0 Å². The number of aromatic amines is 1. The third-order valence-corrected chi connectivity index (χ3v) is 1.44. The first-order valence-corrected chi connectivity index (χ1v) is 3.14. The third kappa shape index (κ3) is 0.894. The number of H-pyrrole nitrogens is 1. The summed E-state index contributed by atoms with van der Waals surface area (Å²) >= 11 is 5.57. The fourth-order valence-electron chi connectivity index (χ4n) is 0.747. The number of nitrogens with zero attached hydrogens (tertiary/aromatic N) is 2. The van der Waals surface area contributed by atoms with Gasteiger partial charge in [-0.1, -0.05) is 11.6 Å². The number of halogens is 1. The van der Waals surface area contributed by atoms with E-state index in [9.17, 15) is 4.79 Å². The lowest BCUT2D eigenvalue weighted by atomic mass is 10.6. The second-order valence-electron chi connectivity index (χ2n) is 1.86. The zero-order chi connectivity index (χ0) is 7.84. The summed E-state index contributed by atoms with van der Waals surface area (Å²) in [4.78, 5) is 20.3. The van der Waals surface area contributed by atoms with Crippen LogP contribution in [-0.2, 0) is 0 Å². The molecule has 2 aromatic rings. The number of nitrogens with one attached hydrogen (secondary N) is 1. The molecule has 0 aromatic carbocycles. The van der Waals surface area contributed by atoms with E-state index in [1.54, 1.807) is 0 Å². The summed E-state index contributed by atoms with van der Waals surface area (Å²) in [5.41, 5.74) is 0.508. The number of aromatic nitrogens is 3. The standard InChI is InChI=1S/C5H2ClN3O2/c6-3-2-4(8-1-7-3)9-5(10)11-2/h1H,(H,7,8,9,10). The Morgan fingerprint density at radius 3 is 3.09 bits per heavy atom. The van der Waals surface area contributed by atoms with Crippen molar-refractivity contribution in [3.8, 4) is 0 Å². The van der Waals surface area contributed by atoms with E-state index in [1.807, 2.05) is 0 Å². The van der Waals surface area contributed by atoms with Crippen LogP contribution in [0.5, 0.6) is 0 Å². The summed E-state index contributed by atoms with van der Waals surface area (Å²) < 4.78 is 4.63. The van der Waals surface area contributed by atoms with Gasteiger partial charge < -0.3 is 4.42 Å². The lowest BCUT2D eigenvalue weighted by molar-refractivity contribution is 0.554. The molecule has 5 nitrogen and oxygen atoms in total. The number of rotatable bonds is 0. The average molecular weight is 172 g/mol. The van der Waals surface area contributed by atoms with Gasteiger partial charge in [-0.05, 0) is 0 Å². The van der Waals surface area contributed by atoms with Gasteiger partial charge in [-0.15, -0.1) is 0 Å². The van der Waals surface area contributed by atoms with Gasteiger partial charge in [0.2, 0.25) is 5.58 Å². The average Bonchev–Trinajstić information content (AvgIpc) is 2.31. The fourth-order valence-corrected chi connectivity index (χ4v) is 0.918. The molecule has 0 fully saturated rings. The fraction of sp³-hybridized carbons (Fsp3) is 0. The largest absolute Gasteiger partial charge is 0.418 e. The van der Waals surface area contributed by atoms with Crippen LogP contribution in [0.1, 0.15) is 0 Å². The zero-order valence-corrected chi connectivity index (χ0v) is 5.92. The maximum absolute atomic E-state index is 10.6. The molecular weight excluding hydrogens is 170 g/mol. The van der Waals surface area contributed by atoms with Gasteiger partial charge in [-0.3, -0.25) is 4.98 Å². The van der Waals surface area contributed by atoms with Gasteiger partial charge in [0.05, 0.1) is 0 Å². The molecule has 1 N–H and O–H groups in total. The summed E-state index contributed by atoms with van der Waals surface area (Å²) in [5.74, 6) is -0.581. The van der Waals surface area contributed by atoms with Crippen LogP contribution in [-0.4, -0.2) is 15.0 Å². The van der Waals surface area contributed by atoms with Gasteiger partial charge in [0.1, 0.15) is 6.33 Å². The monoisotopic (exact) mass is 171 g/mol. The van der Waals surface area contributed by atoms with Crippen molar-refractivity contribution >= 4 is 22.8 Å². The summed E-state index contributed by atoms with van der Waals surface area (Å²) in [6.07, 6.45) is 1.25. The van der Waals surface area contributed by atoms with Crippen molar-refractivity contribution in [2.75, 3.05) is 0 Å². The van der Waals surface area contributed by atoms with Crippen LogP contribution in [0.25, 0.3) is 11.2 Å². The van der Waals surface area contributed by atoms with Gasteiger partial charge in [0, 0.05) is 0 Å². The SMILES string of the molecule is O=c1[nH]c2ncnc(Cl)c2o1. The molecule has 2 aromatic heterocycles. The highest BCUT2D eigenvalue weighted by Gasteiger charge is 2.05. The smallest absolute Gasteiger partial charge is 0.403 e. The Hall–Kier alpha value is -1.36. The predicted octanol–water partition coefficient (Wildman–Crippen LogP) is 0.565. The topological polar surface area (TPSA) is 71.8 Å². The summed E-state index contributed by atoms with van der Waals surface area (Å²) in [7, 11) is 0. The van der Waals surface area contributed by atoms with Crippen LogP contribution in [0.4, 0.5) is 0 Å². The molecule has 0 unspecified atom stereocenters. The van der Waals surface area contributed by atoms with Crippen LogP contribution >= 0.6 is 11.6 Å². The molecule has 0 radical (unpaired) electrons. The van der Waals surface area contributed by atoms with Crippen LogP contribution in [0, 0.1) is 0 Å². The second-order valence-corrected chi connectivity index (χ2v) is 2.21. The molecule has 2 heterocycles. The van der Waals surface area contributed by atoms with Gasteiger partial charge >= 0.3 is 5.76 Å². The van der Waals surface area contributed by atoms with Crippen LogP contribution in [0.15, 0.2) is 15.5 Å². The maximum atomic E-state index is 10.6. The van der Waals surface area contributed by atoms with Crippen molar-refractivity contribution in [2.24, 2.45) is 0 Å². The minimum atomic E-state index is -0.581. The lowest BCUT2D eigenvalue weighted by Gasteiger charge is -1.85. The Bertz CT molecular complexity index is 446. The van der Waals surface area contributed by atoms with Gasteiger partial charge in [0.25, 0.3) is 0 Å². The highest BCUT2D eigenvalue weighted by Crippen LogP contribution is 2.14. The summed E-state index contributed by atoms with van der Waals surface area (Å²) in [5, 5.41) is 0.133. The molecule has 0 spiro atoms. The molecule has 11 heavy (non-hydrogen) atoms. The van der Waals surface area contributed by atoms with Gasteiger partial charge in [-0.25, -0.2) is 14.8 Å². The van der Waals surface area contributed by atoms with E-state index in [2.05, 4.69) is 19.4 Å². The first-order valence-electron chi connectivity index (χ1n) is 2.76. The molecule has 56 valence electrons. The lowest BCUT2D eigenvalue weighted by Crippen LogP contribution is -1.93. The van der Waals surface area contributed by atoms with Crippen LogP contribution in [0.3, 0.4) is 0 Å². The molecule has 0 saturated heterocycles. The summed E-state index contributed by atoms with van der Waals surface area (Å²) in [6.45, 7) is 0. The molecule has 6 heteroatoms. The number of hydrogen-bond acceptors (Lipinski definition) is 4. The quantitative estimate of drug-likeness (QED) is 0.588. The molecule has 0 amide bonds. The van der Waals surface area contributed by atoms with Crippen LogP contribution in [0.2, 0.25) is 5.15 Å². The minimum Gasteiger partial charge on any atom is -0.403 e. The number of hydrogen-bond donors (Lipinski definition) is 1. The first-order chi connectivity index (χ1) is 5.27. The Morgan fingerprint density at radius 2 is 2.36 bits per heavy atom. The Balaban J connectivity index is 3.01. The van der Waals surface area contributed by atoms with E-state index in [-0.39, 0.29) is 10.7 Å². The Labute approximate surface area is 65.0 Å². The van der Waals surface area contributed by atoms with E-state index in [1.165, 1.54) is 6.33 Å². The number of oxazole rings is 1. The molecule has 0 saturated carbocycles. The van der Waals surface area contributed by atoms with Crippen molar-refractivity contribution in [2.45, 2.75) is 0 Å². The molecule has 0 bridgehead atoms. The normalized spacial score (nSPS) is 10.6. The first kappa shape index (κ1) is 6.36. The molecule has 0 atom stereocenters. The zero-order valence-electron chi connectivity index (χ0n) is 5.17. The highest BCUT2D eigenvalue weighted by atomic mass is 35.5. The number of fused-ring (bicyclic) bond motifs is 1. The van der Waals surface area contributed by atoms with Crippen LogP contribution < -0.4 is 5.76 Å². The van der Waals surface area contributed by atoms with Crippen molar-refractivity contribution in [3.63, 3.8) is 0 Å². The highest BCUT2D eigenvalue weighted by molar-refractivity contribution is 6.33. The molecular formula is C5H2ClN3O2. The molecule has 0 aliphatic rings.